The van der Waals surface area contributed by atoms with Crippen molar-refractivity contribution in [3.05, 3.63) is 11.5 Å². The summed E-state index contributed by atoms with van der Waals surface area (Å²) in [6.45, 7) is 7.48. The van der Waals surface area contributed by atoms with E-state index in [-0.39, 0.29) is 0 Å². The number of fused-ring (bicyclic) bond motifs is 1. The van der Waals surface area contributed by atoms with E-state index in [4.69, 9.17) is 11.6 Å². The van der Waals surface area contributed by atoms with Crippen molar-refractivity contribution in [2.24, 2.45) is 0 Å². The molecule has 0 aromatic carbocycles. The Morgan fingerprint density at radius 2 is 2.10 bits per heavy atom. The first-order valence-electron chi connectivity index (χ1n) is 6.95. The summed E-state index contributed by atoms with van der Waals surface area (Å²) >= 11 is 5.87. The zero-order valence-electron chi connectivity index (χ0n) is 12.2. The van der Waals surface area contributed by atoms with E-state index in [9.17, 15) is 4.21 Å². The van der Waals surface area contributed by atoms with Gasteiger partial charge in [0.05, 0.1) is 5.69 Å². The molecule has 0 fully saturated rings. The van der Waals surface area contributed by atoms with Crippen molar-refractivity contribution in [3.8, 4) is 0 Å². The second kappa shape index (κ2) is 6.72. The predicted molar refractivity (Wildman–Crippen MR) is 83.9 cm³/mol. The molecule has 0 aliphatic heterocycles. The van der Waals surface area contributed by atoms with Crippen LogP contribution in [0.15, 0.2) is 0 Å². The number of hydrogen-bond acceptors (Lipinski definition) is 3. The van der Waals surface area contributed by atoms with Gasteiger partial charge >= 0.3 is 0 Å². The maximum absolute atomic E-state index is 11.7. The minimum absolute atomic E-state index is 0.537. The topological polar surface area (TPSA) is 52.7 Å². The van der Waals surface area contributed by atoms with Crippen LogP contribution in [0.2, 0.25) is 0 Å². The van der Waals surface area contributed by atoms with Crippen molar-refractivity contribution in [3.63, 3.8) is 0 Å². The Kier molecular flexibility index (Phi) is 5.21. The summed E-state index contributed by atoms with van der Waals surface area (Å²) in [5.41, 5.74) is 2.90. The molecule has 0 saturated carbocycles. The molecule has 20 heavy (non-hydrogen) atoms. The van der Waals surface area contributed by atoms with Gasteiger partial charge in [-0.1, -0.05) is 6.92 Å². The minimum Gasteiger partial charge on any atom is -0.312 e. The lowest BCUT2D eigenvalue weighted by Gasteiger charge is -2.09. The van der Waals surface area contributed by atoms with Crippen LogP contribution >= 0.6 is 11.6 Å². The van der Waals surface area contributed by atoms with Crippen LogP contribution in [0.3, 0.4) is 0 Å². The Bertz CT molecular complexity index is 619. The molecular formula is C13H21ClN4OS. The molecule has 2 aromatic heterocycles. The molecular weight excluding hydrogens is 296 g/mol. The molecule has 0 spiro atoms. The smallest absolute Gasteiger partial charge is 0.158 e. The Labute approximate surface area is 126 Å². The number of aromatic nitrogens is 4. The molecule has 0 radical (unpaired) electrons. The highest BCUT2D eigenvalue weighted by Crippen LogP contribution is 2.20. The van der Waals surface area contributed by atoms with Gasteiger partial charge in [0.15, 0.2) is 5.65 Å². The van der Waals surface area contributed by atoms with Crippen molar-refractivity contribution >= 4 is 33.6 Å². The molecule has 5 nitrogen and oxygen atoms in total. The molecule has 0 amide bonds. The van der Waals surface area contributed by atoms with E-state index < -0.39 is 10.8 Å². The summed E-state index contributed by atoms with van der Waals surface area (Å²) in [5, 5.41) is 4.50. The summed E-state index contributed by atoms with van der Waals surface area (Å²) in [5.74, 6) is 2.83. The maximum Gasteiger partial charge on any atom is 0.158 e. The van der Waals surface area contributed by atoms with Crippen molar-refractivity contribution in [2.45, 2.75) is 40.3 Å². The van der Waals surface area contributed by atoms with Gasteiger partial charge < -0.3 is 4.57 Å². The molecule has 0 aliphatic carbocycles. The summed E-state index contributed by atoms with van der Waals surface area (Å²) < 4.78 is 15.8. The third kappa shape index (κ3) is 2.91. The van der Waals surface area contributed by atoms with Gasteiger partial charge in [0.25, 0.3) is 0 Å². The van der Waals surface area contributed by atoms with Crippen molar-refractivity contribution < 1.29 is 4.21 Å². The van der Waals surface area contributed by atoms with Crippen LogP contribution in [-0.4, -0.2) is 40.9 Å². The molecule has 2 rings (SSSR count). The fourth-order valence-electron chi connectivity index (χ4n) is 2.34. The average Bonchev–Trinajstić information content (AvgIpc) is 2.95. The highest BCUT2D eigenvalue weighted by atomic mass is 35.5. The summed E-state index contributed by atoms with van der Waals surface area (Å²) in [6.07, 6.45) is 0.720. The number of imidazole rings is 1. The van der Waals surface area contributed by atoms with Crippen LogP contribution in [0, 0.1) is 6.92 Å². The standard InChI is InChI=1S/C13H21ClN4OS/c1-4-18-13-12(10(3)16-18)15-11(6-7-14)17(13)8-9-20(19)5-2/h4-9H2,1-3H3. The van der Waals surface area contributed by atoms with E-state index in [1.807, 2.05) is 18.5 Å². The molecule has 0 aliphatic rings. The van der Waals surface area contributed by atoms with Gasteiger partial charge in [-0.3, -0.25) is 4.21 Å². The second-order valence-corrected chi connectivity index (χ2v) is 6.87. The van der Waals surface area contributed by atoms with Crippen LogP contribution in [0.25, 0.3) is 11.2 Å². The highest BCUT2D eigenvalue weighted by Gasteiger charge is 2.18. The fourth-order valence-corrected chi connectivity index (χ4v) is 3.18. The number of nitrogens with zero attached hydrogens (tertiary/aromatic N) is 4. The first-order valence-corrected chi connectivity index (χ1v) is 8.98. The zero-order valence-corrected chi connectivity index (χ0v) is 13.8. The molecule has 0 bridgehead atoms. The molecule has 2 aromatic rings. The van der Waals surface area contributed by atoms with Crippen LogP contribution in [0.1, 0.15) is 25.4 Å². The number of aryl methyl sites for hydroxylation is 4. The first-order chi connectivity index (χ1) is 9.62. The Morgan fingerprint density at radius 1 is 1.35 bits per heavy atom. The lowest BCUT2D eigenvalue weighted by Crippen LogP contribution is -2.14. The molecule has 1 unspecified atom stereocenters. The van der Waals surface area contributed by atoms with Gasteiger partial charge in [-0.15, -0.1) is 11.6 Å². The third-order valence-corrected chi connectivity index (χ3v) is 4.83. The van der Waals surface area contributed by atoms with E-state index >= 15 is 0 Å². The Morgan fingerprint density at radius 3 is 2.70 bits per heavy atom. The van der Waals surface area contributed by atoms with Gasteiger partial charge in [-0.2, -0.15) is 5.10 Å². The first kappa shape index (κ1) is 15.5. The SMILES string of the molecule is CCn1nc(C)c2nc(CCCl)n(CCS(=O)CC)c21. The van der Waals surface area contributed by atoms with Gasteiger partial charge in [0, 0.05) is 47.7 Å². The van der Waals surface area contributed by atoms with Crippen LogP contribution in [0.4, 0.5) is 0 Å². The number of alkyl halides is 1. The van der Waals surface area contributed by atoms with E-state index in [1.54, 1.807) is 0 Å². The van der Waals surface area contributed by atoms with Crippen molar-refractivity contribution in [1.82, 2.24) is 19.3 Å². The lowest BCUT2D eigenvalue weighted by atomic mass is 10.4. The molecule has 0 N–H and O–H groups in total. The van der Waals surface area contributed by atoms with E-state index in [0.29, 0.717) is 23.9 Å². The highest BCUT2D eigenvalue weighted by molar-refractivity contribution is 7.84. The molecule has 112 valence electrons. The second-order valence-electron chi connectivity index (χ2n) is 4.62. The van der Waals surface area contributed by atoms with E-state index in [2.05, 4.69) is 21.6 Å². The lowest BCUT2D eigenvalue weighted by molar-refractivity contribution is 0.625. The van der Waals surface area contributed by atoms with Crippen molar-refractivity contribution in [1.29, 1.82) is 0 Å². The van der Waals surface area contributed by atoms with E-state index in [0.717, 1.165) is 35.6 Å². The molecule has 0 saturated heterocycles. The third-order valence-electron chi connectivity index (χ3n) is 3.36. The molecule has 1 atom stereocenters. The monoisotopic (exact) mass is 316 g/mol. The number of rotatable bonds is 7. The van der Waals surface area contributed by atoms with Crippen LogP contribution < -0.4 is 0 Å². The van der Waals surface area contributed by atoms with Gasteiger partial charge in [-0.05, 0) is 13.8 Å². The average molecular weight is 317 g/mol. The zero-order chi connectivity index (χ0) is 14.7. The van der Waals surface area contributed by atoms with Gasteiger partial charge in [-0.25, -0.2) is 9.67 Å². The fraction of sp³-hybridized carbons (Fsp3) is 0.692. The quantitative estimate of drug-likeness (QED) is 0.735. The Balaban J connectivity index is 2.46. The van der Waals surface area contributed by atoms with E-state index in [1.165, 1.54) is 0 Å². The summed E-state index contributed by atoms with van der Waals surface area (Å²) in [4.78, 5) is 4.67. The van der Waals surface area contributed by atoms with Gasteiger partial charge in [0.1, 0.15) is 11.3 Å². The van der Waals surface area contributed by atoms with Crippen LogP contribution in [-0.2, 0) is 30.3 Å². The number of hydrogen-bond donors (Lipinski definition) is 0. The van der Waals surface area contributed by atoms with Gasteiger partial charge in [0.2, 0.25) is 0 Å². The predicted octanol–water partition coefficient (Wildman–Crippen LogP) is 2.11. The molecule has 7 heteroatoms. The van der Waals surface area contributed by atoms with Crippen molar-refractivity contribution in [2.75, 3.05) is 17.4 Å². The normalized spacial score (nSPS) is 13.2. The summed E-state index contributed by atoms with van der Waals surface area (Å²) in [6, 6.07) is 0. The number of halogens is 1. The Hall–Kier alpha value is -0.880. The minimum atomic E-state index is -0.780. The van der Waals surface area contributed by atoms with Crippen LogP contribution in [0.5, 0.6) is 0 Å². The summed E-state index contributed by atoms with van der Waals surface area (Å²) in [7, 11) is -0.780. The molecule has 2 heterocycles. The maximum atomic E-state index is 11.7. The largest absolute Gasteiger partial charge is 0.312 e.